The molecule has 0 aliphatic rings. The molecule has 1 unspecified atom stereocenters. The van der Waals surface area contributed by atoms with Crippen molar-refractivity contribution >= 4 is 17.9 Å². The molecule has 6 nitrogen and oxygen atoms in total. The van der Waals surface area contributed by atoms with Gasteiger partial charge in [-0.25, -0.2) is 0 Å². The average molecular weight is 885 g/mol. The summed E-state index contributed by atoms with van der Waals surface area (Å²) in [5, 5.41) is 0. The van der Waals surface area contributed by atoms with Crippen LogP contribution in [0.3, 0.4) is 0 Å². The summed E-state index contributed by atoms with van der Waals surface area (Å²) in [6.07, 6.45) is 70.5. The lowest BCUT2D eigenvalue weighted by atomic mass is 10.1. The van der Waals surface area contributed by atoms with Crippen LogP contribution in [-0.4, -0.2) is 37.2 Å². The molecule has 0 bridgehead atoms. The lowest BCUT2D eigenvalue weighted by Crippen LogP contribution is -2.30. The van der Waals surface area contributed by atoms with E-state index in [1.54, 1.807) is 0 Å². The van der Waals surface area contributed by atoms with Gasteiger partial charge in [-0.1, -0.05) is 200 Å². The van der Waals surface area contributed by atoms with E-state index < -0.39 is 6.10 Å². The maximum absolute atomic E-state index is 12.8. The molecule has 360 valence electrons. The molecule has 0 rings (SSSR count). The molecule has 0 saturated carbocycles. The van der Waals surface area contributed by atoms with Gasteiger partial charge in [0.05, 0.1) is 0 Å². The standard InChI is InChI=1S/C58H92O6/c1-4-7-10-13-16-19-21-23-25-27-29-31-32-34-36-39-42-45-48-51-57(60)63-54-55(53-62-56(59)50-47-44-41-38-18-15-12-9-6-3)64-58(61)52-49-46-43-40-37-35-33-30-28-26-24-22-20-17-14-11-8-5-2/h7,9-10,12,16-20,22-26,28-31,33,38,55H,4-6,8,11,13-15,21,27,32,34-37,39-54H2,1-3H3/b10-7-,12-9-,19-16-,20-17-,24-22-,25-23-,28-26-,31-29-,33-30-,38-18-. The van der Waals surface area contributed by atoms with Gasteiger partial charge in [0.15, 0.2) is 6.10 Å². The highest BCUT2D eigenvalue weighted by Gasteiger charge is 2.19. The zero-order valence-corrected chi connectivity index (χ0v) is 41.0. The van der Waals surface area contributed by atoms with Crippen LogP contribution in [0.2, 0.25) is 0 Å². The van der Waals surface area contributed by atoms with E-state index in [0.29, 0.717) is 12.8 Å². The number of rotatable bonds is 44. The molecule has 0 fully saturated rings. The van der Waals surface area contributed by atoms with Gasteiger partial charge in [0.25, 0.3) is 0 Å². The highest BCUT2D eigenvalue weighted by Crippen LogP contribution is 2.13. The van der Waals surface area contributed by atoms with E-state index in [4.69, 9.17) is 14.2 Å². The lowest BCUT2D eigenvalue weighted by Gasteiger charge is -2.18. The Kier molecular flexibility index (Phi) is 48.1. The largest absolute Gasteiger partial charge is 0.462 e. The SMILES string of the molecule is CC/C=C\C/C=C\C/C=C\C/C=C\CCCCCCCCC(=O)OCC(COC(=O)CCCC/C=C\C/C=C\CC)OC(=O)CCCCCCC\C=C/C=C\C=C/C=C\CCCCC. The Labute approximate surface area is 392 Å². The topological polar surface area (TPSA) is 78.9 Å². The molecular weight excluding hydrogens is 793 g/mol. The summed E-state index contributed by atoms with van der Waals surface area (Å²) in [6, 6.07) is 0. The Morgan fingerprint density at radius 1 is 0.344 bits per heavy atom. The molecule has 0 saturated heterocycles. The number of unbranched alkanes of at least 4 members (excludes halogenated alkanes) is 16. The Bertz CT molecular complexity index is 1390. The van der Waals surface area contributed by atoms with Crippen LogP contribution < -0.4 is 0 Å². The van der Waals surface area contributed by atoms with E-state index in [9.17, 15) is 14.4 Å². The first-order valence-electron chi connectivity index (χ1n) is 25.6. The van der Waals surface area contributed by atoms with E-state index in [1.165, 1.54) is 32.1 Å². The van der Waals surface area contributed by atoms with Crippen LogP contribution in [0, 0.1) is 0 Å². The highest BCUT2D eigenvalue weighted by molar-refractivity contribution is 5.71. The number of carbonyl (C=O) groups excluding carboxylic acids is 3. The molecule has 1 atom stereocenters. The van der Waals surface area contributed by atoms with E-state index in [2.05, 4.69) is 142 Å². The molecule has 6 heteroatoms. The van der Waals surface area contributed by atoms with E-state index in [1.807, 2.05) is 0 Å². The van der Waals surface area contributed by atoms with Gasteiger partial charge in [-0.3, -0.25) is 14.4 Å². The lowest BCUT2D eigenvalue weighted by molar-refractivity contribution is -0.167. The fourth-order valence-corrected chi connectivity index (χ4v) is 6.48. The molecule has 0 heterocycles. The molecule has 0 aromatic rings. The van der Waals surface area contributed by atoms with Crippen LogP contribution in [0.25, 0.3) is 0 Å². The number of carbonyl (C=O) groups is 3. The fourth-order valence-electron chi connectivity index (χ4n) is 6.48. The van der Waals surface area contributed by atoms with Gasteiger partial charge in [-0.15, -0.1) is 0 Å². The smallest absolute Gasteiger partial charge is 0.306 e. The van der Waals surface area contributed by atoms with Crippen molar-refractivity contribution in [2.24, 2.45) is 0 Å². The van der Waals surface area contributed by atoms with Crippen molar-refractivity contribution in [2.75, 3.05) is 13.2 Å². The first kappa shape index (κ1) is 59.8. The van der Waals surface area contributed by atoms with Crippen LogP contribution in [0.1, 0.15) is 207 Å². The molecule has 0 amide bonds. The molecule has 0 aromatic carbocycles. The van der Waals surface area contributed by atoms with Crippen LogP contribution in [-0.2, 0) is 28.6 Å². The second kappa shape index (κ2) is 51.4. The van der Waals surface area contributed by atoms with Crippen molar-refractivity contribution in [3.63, 3.8) is 0 Å². The van der Waals surface area contributed by atoms with Gasteiger partial charge < -0.3 is 14.2 Å². The maximum atomic E-state index is 12.8. The molecular formula is C58H92O6. The maximum Gasteiger partial charge on any atom is 0.306 e. The molecule has 0 radical (unpaired) electrons. The predicted molar refractivity (Wildman–Crippen MR) is 274 cm³/mol. The number of hydrogen-bond acceptors (Lipinski definition) is 6. The second-order valence-electron chi connectivity index (χ2n) is 16.4. The zero-order valence-electron chi connectivity index (χ0n) is 41.0. The third-order valence-corrected chi connectivity index (χ3v) is 10.3. The number of ether oxygens (including phenoxy) is 3. The van der Waals surface area contributed by atoms with Crippen LogP contribution >= 0.6 is 0 Å². The molecule has 0 N–H and O–H groups in total. The monoisotopic (exact) mass is 885 g/mol. The molecule has 0 aliphatic heterocycles. The number of hydrogen-bond donors (Lipinski definition) is 0. The Morgan fingerprint density at radius 2 is 0.672 bits per heavy atom. The third kappa shape index (κ3) is 48.8. The summed E-state index contributed by atoms with van der Waals surface area (Å²) in [4.78, 5) is 37.9. The normalized spacial score (nSPS) is 13.1. The predicted octanol–water partition coefficient (Wildman–Crippen LogP) is 16.9. The average Bonchev–Trinajstić information content (AvgIpc) is 3.29. The minimum atomic E-state index is -0.812. The number of allylic oxidation sites excluding steroid dienone is 20. The first-order valence-corrected chi connectivity index (χ1v) is 25.6. The highest BCUT2D eigenvalue weighted by atomic mass is 16.6. The summed E-state index contributed by atoms with van der Waals surface area (Å²) in [5.41, 5.74) is 0. The first-order chi connectivity index (χ1) is 31.5. The van der Waals surface area contributed by atoms with Crippen LogP contribution in [0.15, 0.2) is 122 Å². The van der Waals surface area contributed by atoms with Gasteiger partial charge in [0, 0.05) is 19.3 Å². The van der Waals surface area contributed by atoms with Gasteiger partial charge in [-0.2, -0.15) is 0 Å². The molecule has 0 aromatic heterocycles. The van der Waals surface area contributed by atoms with Crippen molar-refractivity contribution in [3.05, 3.63) is 122 Å². The van der Waals surface area contributed by atoms with E-state index in [-0.39, 0.29) is 37.5 Å². The van der Waals surface area contributed by atoms with Crippen molar-refractivity contribution in [2.45, 2.75) is 213 Å². The van der Waals surface area contributed by atoms with Crippen LogP contribution in [0.4, 0.5) is 0 Å². The molecule has 64 heavy (non-hydrogen) atoms. The summed E-state index contributed by atoms with van der Waals surface area (Å²) in [6.45, 7) is 6.28. The molecule has 0 spiro atoms. The Balaban J connectivity index is 4.44. The van der Waals surface area contributed by atoms with Gasteiger partial charge >= 0.3 is 17.9 Å². The minimum absolute atomic E-state index is 0.110. The van der Waals surface area contributed by atoms with Crippen molar-refractivity contribution in [1.29, 1.82) is 0 Å². The minimum Gasteiger partial charge on any atom is -0.462 e. The van der Waals surface area contributed by atoms with Crippen LogP contribution in [0.5, 0.6) is 0 Å². The zero-order chi connectivity index (χ0) is 46.5. The van der Waals surface area contributed by atoms with Gasteiger partial charge in [0.2, 0.25) is 0 Å². The van der Waals surface area contributed by atoms with Crippen molar-refractivity contribution in [1.82, 2.24) is 0 Å². The third-order valence-electron chi connectivity index (χ3n) is 10.3. The van der Waals surface area contributed by atoms with Crippen molar-refractivity contribution in [3.8, 4) is 0 Å². The van der Waals surface area contributed by atoms with E-state index in [0.717, 1.165) is 135 Å². The Morgan fingerprint density at radius 3 is 1.12 bits per heavy atom. The second-order valence-corrected chi connectivity index (χ2v) is 16.4. The van der Waals surface area contributed by atoms with Crippen molar-refractivity contribution < 1.29 is 28.6 Å². The molecule has 0 aliphatic carbocycles. The summed E-state index contributed by atoms with van der Waals surface area (Å²) < 4.78 is 16.7. The number of esters is 3. The summed E-state index contributed by atoms with van der Waals surface area (Å²) in [5.74, 6) is -0.992. The van der Waals surface area contributed by atoms with Gasteiger partial charge in [0.1, 0.15) is 13.2 Å². The van der Waals surface area contributed by atoms with Gasteiger partial charge in [-0.05, 0) is 109 Å². The Hall–Kier alpha value is -4.19. The fraction of sp³-hybridized carbons (Fsp3) is 0.603. The summed E-state index contributed by atoms with van der Waals surface area (Å²) >= 11 is 0. The van der Waals surface area contributed by atoms with E-state index >= 15 is 0 Å². The quantitative estimate of drug-likeness (QED) is 0.0199. The summed E-state index contributed by atoms with van der Waals surface area (Å²) in [7, 11) is 0.